The van der Waals surface area contributed by atoms with Crippen LogP contribution < -0.4 is 9.47 Å². The molecule has 2 rings (SSSR count). The lowest BCUT2D eigenvalue weighted by atomic mass is 10.0. The SMILES string of the molecule is C=CC(=O)Oc1ccc(C(=O)c2ccccc2)c(O)c1OCC. The van der Waals surface area contributed by atoms with Gasteiger partial charge in [-0.05, 0) is 19.1 Å². The number of phenolic OH excluding ortho intramolecular Hbond substituents is 1. The number of hydrogen-bond donors (Lipinski definition) is 1. The third-order valence-corrected chi connectivity index (χ3v) is 3.04. The van der Waals surface area contributed by atoms with Crippen LogP contribution in [0.3, 0.4) is 0 Å². The van der Waals surface area contributed by atoms with E-state index in [1.807, 2.05) is 0 Å². The maximum absolute atomic E-state index is 12.5. The van der Waals surface area contributed by atoms with Crippen molar-refractivity contribution in [2.75, 3.05) is 6.61 Å². The highest BCUT2D eigenvalue weighted by atomic mass is 16.6. The summed E-state index contributed by atoms with van der Waals surface area (Å²) in [4.78, 5) is 23.8. The Hall–Kier alpha value is -3.08. The zero-order valence-electron chi connectivity index (χ0n) is 12.6. The number of rotatable bonds is 6. The van der Waals surface area contributed by atoms with Crippen LogP contribution in [-0.4, -0.2) is 23.5 Å². The van der Waals surface area contributed by atoms with Gasteiger partial charge < -0.3 is 14.6 Å². The van der Waals surface area contributed by atoms with E-state index in [2.05, 4.69) is 6.58 Å². The van der Waals surface area contributed by atoms with Gasteiger partial charge in [-0.2, -0.15) is 0 Å². The number of phenols is 1. The van der Waals surface area contributed by atoms with Gasteiger partial charge in [-0.25, -0.2) is 4.79 Å². The molecule has 0 saturated heterocycles. The molecule has 23 heavy (non-hydrogen) atoms. The molecule has 0 amide bonds. The van der Waals surface area contributed by atoms with Gasteiger partial charge in [0.15, 0.2) is 17.3 Å². The number of carbonyl (C=O) groups excluding carboxylic acids is 2. The first-order valence-corrected chi connectivity index (χ1v) is 7.01. The maximum atomic E-state index is 12.5. The summed E-state index contributed by atoms with van der Waals surface area (Å²) in [5, 5.41) is 10.4. The minimum absolute atomic E-state index is 0.0267. The molecule has 0 aromatic heterocycles. The fourth-order valence-corrected chi connectivity index (χ4v) is 2.00. The fraction of sp³-hybridized carbons (Fsp3) is 0.111. The molecule has 2 aromatic rings. The summed E-state index contributed by atoms with van der Waals surface area (Å²) in [6, 6.07) is 11.3. The van der Waals surface area contributed by atoms with Crippen molar-refractivity contribution in [3.63, 3.8) is 0 Å². The molecule has 1 N–H and O–H groups in total. The summed E-state index contributed by atoms with van der Waals surface area (Å²) in [5.74, 6) is -1.43. The van der Waals surface area contributed by atoms with E-state index in [0.717, 1.165) is 6.08 Å². The average molecular weight is 312 g/mol. The van der Waals surface area contributed by atoms with E-state index in [1.165, 1.54) is 12.1 Å². The first-order chi connectivity index (χ1) is 11.1. The lowest BCUT2D eigenvalue weighted by Crippen LogP contribution is -2.08. The van der Waals surface area contributed by atoms with Gasteiger partial charge in [0.2, 0.25) is 5.75 Å². The second-order valence-electron chi connectivity index (χ2n) is 4.54. The average Bonchev–Trinajstić information content (AvgIpc) is 2.58. The monoisotopic (exact) mass is 312 g/mol. The highest BCUT2D eigenvalue weighted by Gasteiger charge is 2.21. The summed E-state index contributed by atoms with van der Waals surface area (Å²) in [6.07, 6.45) is 0.996. The minimum Gasteiger partial charge on any atom is -0.504 e. The number of benzene rings is 2. The summed E-state index contributed by atoms with van der Waals surface area (Å²) in [6.45, 7) is 5.25. The van der Waals surface area contributed by atoms with Crippen molar-refractivity contribution >= 4 is 11.8 Å². The van der Waals surface area contributed by atoms with Crippen LogP contribution in [0, 0.1) is 0 Å². The van der Waals surface area contributed by atoms with Gasteiger partial charge in [-0.15, -0.1) is 0 Å². The lowest BCUT2D eigenvalue weighted by molar-refractivity contribution is -0.129. The summed E-state index contributed by atoms with van der Waals surface area (Å²) in [7, 11) is 0. The largest absolute Gasteiger partial charge is 0.504 e. The lowest BCUT2D eigenvalue weighted by Gasteiger charge is -2.14. The highest BCUT2D eigenvalue weighted by Crippen LogP contribution is 2.40. The van der Waals surface area contributed by atoms with Crippen molar-refractivity contribution in [1.82, 2.24) is 0 Å². The molecule has 0 saturated carbocycles. The number of ketones is 1. The van der Waals surface area contributed by atoms with E-state index in [4.69, 9.17) is 9.47 Å². The van der Waals surface area contributed by atoms with Crippen LogP contribution in [0.2, 0.25) is 0 Å². The molecule has 0 spiro atoms. The van der Waals surface area contributed by atoms with Crippen LogP contribution in [0.4, 0.5) is 0 Å². The van der Waals surface area contributed by atoms with Gasteiger partial charge in [-0.1, -0.05) is 36.9 Å². The quantitative estimate of drug-likeness (QED) is 0.384. The topological polar surface area (TPSA) is 72.8 Å². The molecule has 0 aliphatic heterocycles. The zero-order chi connectivity index (χ0) is 16.8. The molecular formula is C18H16O5. The van der Waals surface area contributed by atoms with Gasteiger partial charge in [-0.3, -0.25) is 4.79 Å². The Bertz CT molecular complexity index is 735. The van der Waals surface area contributed by atoms with Crippen molar-refractivity contribution in [1.29, 1.82) is 0 Å². The molecular weight excluding hydrogens is 296 g/mol. The van der Waals surface area contributed by atoms with Crippen molar-refractivity contribution in [3.8, 4) is 17.2 Å². The number of hydrogen-bond acceptors (Lipinski definition) is 5. The molecule has 2 aromatic carbocycles. The third-order valence-electron chi connectivity index (χ3n) is 3.04. The summed E-state index contributed by atoms with van der Waals surface area (Å²) < 4.78 is 10.3. The van der Waals surface area contributed by atoms with Crippen LogP contribution in [-0.2, 0) is 4.79 Å². The van der Waals surface area contributed by atoms with E-state index in [-0.39, 0.29) is 35.2 Å². The molecule has 0 unspecified atom stereocenters. The fourth-order valence-electron chi connectivity index (χ4n) is 2.00. The molecule has 5 nitrogen and oxygen atoms in total. The number of carbonyl (C=O) groups is 2. The predicted molar refractivity (Wildman–Crippen MR) is 85.0 cm³/mol. The van der Waals surface area contributed by atoms with E-state index in [0.29, 0.717) is 5.56 Å². The van der Waals surface area contributed by atoms with E-state index < -0.39 is 5.97 Å². The maximum Gasteiger partial charge on any atom is 0.335 e. The molecule has 5 heteroatoms. The van der Waals surface area contributed by atoms with Gasteiger partial charge in [0, 0.05) is 11.6 Å². The Kier molecular flexibility index (Phi) is 5.15. The number of ether oxygens (including phenoxy) is 2. The molecule has 0 heterocycles. The second kappa shape index (κ2) is 7.26. The molecule has 118 valence electrons. The molecule has 0 atom stereocenters. The molecule has 0 bridgehead atoms. The molecule has 0 aliphatic carbocycles. The Morgan fingerprint density at radius 1 is 1.17 bits per heavy atom. The van der Waals surface area contributed by atoms with Gasteiger partial charge >= 0.3 is 5.97 Å². The molecule has 0 fully saturated rings. The first-order valence-electron chi connectivity index (χ1n) is 7.01. The summed E-state index contributed by atoms with van der Waals surface area (Å²) >= 11 is 0. The summed E-state index contributed by atoms with van der Waals surface area (Å²) in [5.41, 5.74) is 0.499. The second-order valence-corrected chi connectivity index (χ2v) is 4.54. The van der Waals surface area contributed by atoms with Crippen molar-refractivity contribution < 1.29 is 24.2 Å². The Balaban J connectivity index is 2.46. The van der Waals surface area contributed by atoms with Gasteiger partial charge in [0.25, 0.3) is 0 Å². The molecule has 0 aliphatic rings. The Labute approximate surface area is 133 Å². The van der Waals surface area contributed by atoms with Crippen LogP contribution in [0.1, 0.15) is 22.8 Å². The number of esters is 1. The standard InChI is InChI=1S/C18H16O5/c1-3-15(19)23-14-11-10-13(17(21)18(14)22-4-2)16(20)12-8-6-5-7-9-12/h3,5-11,21H,1,4H2,2H3. The van der Waals surface area contributed by atoms with E-state index in [1.54, 1.807) is 37.3 Å². The zero-order valence-corrected chi connectivity index (χ0v) is 12.6. The van der Waals surface area contributed by atoms with Gasteiger partial charge in [0.1, 0.15) is 0 Å². The van der Waals surface area contributed by atoms with Crippen LogP contribution in [0.25, 0.3) is 0 Å². The normalized spacial score (nSPS) is 9.96. The van der Waals surface area contributed by atoms with Crippen molar-refractivity contribution in [3.05, 3.63) is 66.2 Å². The molecule has 0 radical (unpaired) electrons. The smallest absolute Gasteiger partial charge is 0.335 e. The van der Waals surface area contributed by atoms with Gasteiger partial charge in [0.05, 0.1) is 12.2 Å². The van der Waals surface area contributed by atoms with Crippen LogP contribution in [0.5, 0.6) is 17.2 Å². The first kappa shape index (κ1) is 16.3. The van der Waals surface area contributed by atoms with E-state index >= 15 is 0 Å². The number of aromatic hydroxyl groups is 1. The van der Waals surface area contributed by atoms with E-state index in [9.17, 15) is 14.7 Å². The highest BCUT2D eigenvalue weighted by molar-refractivity contribution is 6.11. The van der Waals surface area contributed by atoms with Crippen LogP contribution in [0.15, 0.2) is 55.1 Å². The van der Waals surface area contributed by atoms with Crippen molar-refractivity contribution in [2.24, 2.45) is 0 Å². The van der Waals surface area contributed by atoms with Crippen LogP contribution >= 0.6 is 0 Å². The van der Waals surface area contributed by atoms with Crippen molar-refractivity contribution in [2.45, 2.75) is 6.92 Å². The third kappa shape index (κ3) is 3.58. The predicted octanol–water partition coefficient (Wildman–Crippen LogP) is 3.11. The Morgan fingerprint density at radius 3 is 2.48 bits per heavy atom. The Morgan fingerprint density at radius 2 is 1.87 bits per heavy atom. The minimum atomic E-state index is -0.688.